The second kappa shape index (κ2) is 14.2. The van der Waals surface area contributed by atoms with Gasteiger partial charge < -0.3 is 24.4 Å². The van der Waals surface area contributed by atoms with Crippen molar-refractivity contribution in [1.29, 1.82) is 0 Å². The fourth-order valence-electron chi connectivity index (χ4n) is 9.28. The van der Waals surface area contributed by atoms with Gasteiger partial charge in [0.25, 0.3) is 0 Å². The average Bonchev–Trinajstić information content (AvgIpc) is 3.83. The van der Waals surface area contributed by atoms with Gasteiger partial charge in [-0.25, -0.2) is 9.48 Å². The van der Waals surface area contributed by atoms with Gasteiger partial charge in [-0.1, -0.05) is 6.92 Å². The molecule has 9 rings (SSSR count). The van der Waals surface area contributed by atoms with Gasteiger partial charge in [0.1, 0.15) is 16.2 Å². The summed E-state index contributed by atoms with van der Waals surface area (Å²) in [7, 11) is 0. The number of carbonyl (C=O) groups is 1. The van der Waals surface area contributed by atoms with E-state index in [9.17, 15) is 4.79 Å². The zero-order valence-corrected chi connectivity index (χ0v) is 33.9. The lowest BCUT2D eigenvalue weighted by atomic mass is 9.84. The van der Waals surface area contributed by atoms with Crippen molar-refractivity contribution in [2.24, 2.45) is 5.41 Å². The normalized spacial score (nSPS) is 24.5. The van der Waals surface area contributed by atoms with E-state index in [1.165, 1.54) is 24.5 Å². The molecule has 57 heavy (non-hydrogen) atoms. The van der Waals surface area contributed by atoms with Gasteiger partial charge in [-0.2, -0.15) is 28.2 Å². The van der Waals surface area contributed by atoms with Crippen LogP contribution in [0.1, 0.15) is 90.0 Å². The molecule has 0 aliphatic carbocycles. The second-order valence-corrected chi connectivity index (χ2v) is 18.5. The number of hydrogen-bond acceptors (Lipinski definition) is 11. The molecule has 1 aromatic carbocycles. The van der Waals surface area contributed by atoms with E-state index in [0.717, 1.165) is 63.4 Å². The summed E-state index contributed by atoms with van der Waals surface area (Å²) in [6.45, 7) is 13.1. The SMILES string of the molecule is Cc1cc2c(cnn2C2CCCCO2)c(-c2nccc3c2sc2nc(OCC4(C)CCCNC4)nc(N4CC5CCC(C4)N5C(=O)OC(C)(C)C)c23)c1C(F)(F)F. The van der Waals surface area contributed by atoms with Crippen molar-refractivity contribution in [2.75, 3.05) is 44.3 Å². The first kappa shape index (κ1) is 38.2. The number of piperazine rings is 1. The molecule has 5 aromatic rings. The molecule has 4 aliphatic heterocycles. The van der Waals surface area contributed by atoms with Gasteiger partial charge in [-0.15, -0.1) is 11.3 Å². The van der Waals surface area contributed by atoms with E-state index >= 15 is 13.2 Å². The molecule has 1 N–H and O–H groups in total. The Morgan fingerprint density at radius 3 is 2.56 bits per heavy atom. The number of ether oxygens (including phenoxy) is 3. The molecule has 4 fully saturated rings. The van der Waals surface area contributed by atoms with Crippen LogP contribution in [0.2, 0.25) is 0 Å². The largest absolute Gasteiger partial charge is 0.463 e. The number of piperidine rings is 1. The first-order valence-electron chi connectivity index (χ1n) is 20.1. The lowest BCUT2D eigenvalue weighted by Crippen LogP contribution is -2.57. The summed E-state index contributed by atoms with van der Waals surface area (Å²) in [5, 5.41) is 9.88. The third kappa shape index (κ3) is 7.04. The van der Waals surface area contributed by atoms with Crippen LogP contribution in [-0.2, 0) is 15.7 Å². The summed E-state index contributed by atoms with van der Waals surface area (Å²) in [4.78, 5) is 32.8. The molecule has 8 heterocycles. The van der Waals surface area contributed by atoms with Crippen molar-refractivity contribution in [2.45, 2.75) is 110 Å². The highest BCUT2D eigenvalue weighted by molar-refractivity contribution is 7.26. The number of carbonyl (C=O) groups excluding carboxylic acids is 1. The van der Waals surface area contributed by atoms with Crippen molar-refractivity contribution in [1.82, 2.24) is 34.9 Å². The lowest BCUT2D eigenvalue weighted by molar-refractivity contribution is -0.137. The van der Waals surface area contributed by atoms with Crippen LogP contribution in [0.5, 0.6) is 6.01 Å². The Labute approximate surface area is 333 Å². The average molecular weight is 807 g/mol. The number of alkyl halides is 3. The zero-order valence-electron chi connectivity index (χ0n) is 33.0. The summed E-state index contributed by atoms with van der Waals surface area (Å²) in [6, 6.07) is 3.43. The summed E-state index contributed by atoms with van der Waals surface area (Å²) < 4.78 is 66.2. The number of aromatic nitrogens is 5. The number of hydrogen-bond donors (Lipinski definition) is 1. The lowest BCUT2D eigenvalue weighted by Gasteiger charge is -2.42. The molecule has 4 saturated heterocycles. The number of aryl methyl sites for hydroxylation is 1. The van der Waals surface area contributed by atoms with Crippen LogP contribution in [0.4, 0.5) is 23.8 Å². The predicted octanol–water partition coefficient (Wildman–Crippen LogP) is 8.64. The van der Waals surface area contributed by atoms with Gasteiger partial charge in [0, 0.05) is 54.2 Å². The highest BCUT2D eigenvalue weighted by Crippen LogP contribution is 2.49. The number of nitrogens with one attached hydrogen (secondary N) is 1. The third-order valence-electron chi connectivity index (χ3n) is 11.9. The monoisotopic (exact) mass is 806 g/mol. The fourth-order valence-corrected chi connectivity index (χ4v) is 10.4. The molecular weight excluding hydrogens is 758 g/mol. The highest BCUT2D eigenvalue weighted by Gasteiger charge is 2.45. The van der Waals surface area contributed by atoms with Gasteiger partial charge in [0.15, 0.2) is 6.23 Å². The number of amides is 1. The van der Waals surface area contributed by atoms with Crippen LogP contribution in [0.15, 0.2) is 24.5 Å². The van der Waals surface area contributed by atoms with E-state index in [2.05, 4.69) is 22.2 Å². The predicted molar refractivity (Wildman–Crippen MR) is 213 cm³/mol. The van der Waals surface area contributed by atoms with Gasteiger partial charge >= 0.3 is 18.3 Å². The second-order valence-electron chi connectivity index (χ2n) is 17.5. The minimum Gasteiger partial charge on any atom is -0.463 e. The molecule has 4 unspecified atom stereocenters. The number of fused-ring (bicyclic) bond motifs is 6. The third-order valence-corrected chi connectivity index (χ3v) is 13.0. The molecule has 0 radical (unpaired) electrons. The summed E-state index contributed by atoms with van der Waals surface area (Å²) >= 11 is 1.30. The minimum absolute atomic E-state index is 0.00978. The van der Waals surface area contributed by atoms with E-state index < -0.39 is 17.3 Å². The minimum atomic E-state index is -4.67. The Kier molecular flexibility index (Phi) is 9.54. The van der Waals surface area contributed by atoms with Crippen LogP contribution in [-0.4, -0.2) is 92.8 Å². The Hall–Kier alpha value is -4.28. The summed E-state index contributed by atoms with van der Waals surface area (Å²) in [5.41, 5.74) is -0.610. The van der Waals surface area contributed by atoms with Crippen molar-refractivity contribution in [3.05, 3.63) is 35.7 Å². The Bertz CT molecular complexity index is 2330. The quantitative estimate of drug-likeness (QED) is 0.179. The number of halogens is 3. The maximum Gasteiger partial charge on any atom is 0.417 e. The molecule has 0 spiro atoms. The number of rotatable bonds is 6. The molecule has 4 atom stereocenters. The smallest absolute Gasteiger partial charge is 0.417 e. The first-order valence-corrected chi connectivity index (χ1v) is 20.9. The van der Waals surface area contributed by atoms with Crippen LogP contribution in [0.3, 0.4) is 0 Å². The van der Waals surface area contributed by atoms with Crippen molar-refractivity contribution in [3.63, 3.8) is 0 Å². The summed E-state index contributed by atoms with van der Waals surface area (Å²) in [5.74, 6) is 0.638. The molecule has 16 heteroatoms. The molecular formula is C41H49F3N8O4S. The van der Waals surface area contributed by atoms with Crippen LogP contribution in [0, 0.1) is 12.3 Å². The number of benzene rings is 1. The first-order chi connectivity index (χ1) is 27.2. The van der Waals surface area contributed by atoms with Crippen molar-refractivity contribution < 1.29 is 32.2 Å². The number of thiophene rings is 1. The van der Waals surface area contributed by atoms with Gasteiger partial charge in [0.05, 0.1) is 51.7 Å². The van der Waals surface area contributed by atoms with Crippen molar-refractivity contribution >= 4 is 54.5 Å². The number of nitrogens with zero attached hydrogens (tertiary/aromatic N) is 7. The molecule has 4 aromatic heterocycles. The van der Waals surface area contributed by atoms with E-state index in [1.54, 1.807) is 16.9 Å². The topological polar surface area (TPSA) is 120 Å². The maximum atomic E-state index is 15.2. The molecule has 4 aliphatic rings. The van der Waals surface area contributed by atoms with Gasteiger partial charge in [-0.05, 0) is 96.9 Å². The Morgan fingerprint density at radius 1 is 1.09 bits per heavy atom. The number of pyridine rings is 1. The van der Waals surface area contributed by atoms with E-state index in [4.69, 9.17) is 29.2 Å². The van der Waals surface area contributed by atoms with E-state index in [-0.39, 0.29) is 52.7 Å². The van der Waals surface area contributed by atoms with Gasteiger partial charge in [0.2, 0.25) is 0 Å². The van der Waals surface area contributed by atoms with Gasteiger partial charge in [-0.3, -0.25) is 9.88 Å². The molecule has 12 nitrogen and oxygen atoms in total. The number of anilines is 1. The summed E-state index contributed by atoms with van der Waals surface area (Å²) in [6.07, 6.45) is 4.05. The van der Waals surface area contributed by atoms with Crippen LogP contribution < -0.4 is 15.0 Å². The van der Waals surface area contributed by atoms with Crippen LogP contribution in [0.25, 0.3) is 42.5 Å². The zero-order chi connectivity index (χ0) is 39.9. The molecule has 2 bridgehead atoms. The Morgan fingerprint density at radius 2 is 1.88 bits per heavy atom. The molecule has 0 saturated carbocycles. The fraction of sp³-hybridized carbons (Fsp3) is 0.585. The maximum absolute atomic E-state index is 15.2. The molecule has 1 amide bonds. The Balaban J connectivity index is 1.20. The standard InChI is InChI=1S/C41H49F3N8O4S/c1-23-17-28-27(18-47-52(28)29-9-6-7-16-54-29)30(32(23)41(42,43)44)33-34-26(12-15-46-33)31-35(48-37(49-36(31)57-34)55-22-40(5)13-8-14-45-21-40)50-19-24-10-11-25(20-50)51(24)38(53)56-39(2,3)4/h12,15,17-18,24-25,29,45H,6-11,13-14,16,19-22H2,1-5H3. The van der Waals surface area contributed by atoms with E-state index in [0.29, 0.717) is 57.9 Å². The van der Waals surface area contributed by atoms with Crippen molar-refractivity contribution in [3.8, 4) is 17.3 Å². The van der Waals surface area contributed by atoms with E-state index in [1.807, 2.05) is 31.7 Å². The molecule has 304 valence electrons. The van der Waals surface area contributed by atoms with Crippen LogP contribution >= 0.6 is 11.3 Å². The highest BCUT2D eigenvalue weighted by atomic mass is 32.1.